The van der Waals surface area contributed by atoms with Gasteiger partial charge in [-0.05, 0) is 71.3 Å². The minimum absolute atomic E-state index is 0.0542. The molecule has 1 aliphatic heterocycles. The van der Waals surface area contributed by atoms with Crippen molar-refractivity contribution in [2.24, 2.45) is 5.92 Å². The van der Waals surface area contributed by atoms with E-state index in [2.05, 4.69) is 31.0 Å². The Hall–Kier alpha value is -1.36. The first-order valence-electron chi connectivity index (χ1n) is 11.0. The average Bonchev–Trinajstić information content (AvgIpc) is 3.15. The van der Waals surface area contributed by atoms with Gasteiger partial charge >= 0.3 is 0 Å². The minimum atomic E-state index is -0.176. The van der Waals surface area contributed by atoms with E-state index < -0.39 is 0 Å². The molecule has 150 valence electrons. The van der Waals surface area contributed by atoms with Crippen molar-refractivity contribution in [3.8, 4) is 0 Å². The van der Waals surface area contributed by atoms with Crippen LogP contribution in [0, 0.1) is 5.92 Å². The van der Waals surface area contributed by atoms with Crippen LogP contribution in [0.3, 0.4) is 0 Å². The molecule has 27 heavy (non-hydrogen) atoms. The first-order valence-corrected chi connectivity index (χ1v) is 11.0. The molecule has 0 spiro atoms. The Balaban J connectivity index is 1.34. The van der Waals surface area contributed by atoms with Crippen LogP contribution in [0.2, 0.25) is 0 Å². The summed E-state index contributed by atoms with van der Waals surface area (Å²) < 4.78 is 1.94. The van der Waals surface area contributed by atoms with Gasteiger partial charge in [0.2, 0.25) is 0 Å². The summed E-state index contributed by atoms with van der Waals surface area (Å²) >= 11 is 0. The maximum atomic E-state index is 13.0. The van der Waals surface area contributed by atoms with Crippen molar-refractivity contribution in [1.29, 1.82) is 0 Å². The third-order valence-corrected chi connectivity index (χ3v) is 6.51. The standard InChI is InChI=1S/C22H36N4O/c1-22(2,3)26-20(14-19(24-26)17-8-9-17)21(27)23-18-10-12-25(13-11-18)15-16-6-4-5-7-16/h14,16-18H,4-13,15H2,1-3H3,(H,23,27). The zero-order chi connectivity index (χ0) is 19.0. The van der Waals surface area contributed by atoms with Crippen molar-refractivity contribution >= 4 is 5.91 Å². The maximum absolute atomic E-state index is 13.0. The van der Waals surface area contributed by atoms with Crippen LogP contribution >= 0.6 is 0 Å². The highest BCUT2D eigenvalue weighted by atomic mass is 16.2. The van der Waals surface area contributed by atoms with Gasteiger partial charge in [0.1, 0.15) is 5.69 Å². The molecule has 3 aliphatic rings. The van der Waals surface area contributed by atoms with Gasteiger partial charge < -0.3 is 10.2 Å². The summed E-state index contributed by atoms with van der Waals surface area (Å²) in [6.45, 7) is 9.86. The van der Waals surface area contributed by atoms with Crippen LogP contribution in [0.25, 0.3) is 0 Å². The quantitative estimate of drug-likeness (QED) is 0.853. The molecule has 0 atom stereocenters. The van der Waals surface area contributed by atoms with Gasteiger partial charge in [-0.15, -0.1) is 0 Å². The summed E-state index contributed by atoms with van der Waals surface area (Å²) in [6.07, 6.45) is 10.2. The Labute approximate surface area is 163 Å². The molecule has 3 fully saturated rings. The predicted molar refractivity (Wildman–Crippen MR) is 108 cm³/mol. The van der Waals surface area contributed by atoms with Crippen molar-refractivity contribution in [1.82, 2.24) is 20.0 Å². The number of hydrogen-bond donors (Lipinski definition) is 1. The number of amides is 1. The second-order valence-electron chi connectivity index (χ2n) is 10.0. The molecule has 2 aliphatic carbocycles. The number of carbonyl (C=O) groups is 1. The smallest absolute Gasteiger partial charge is 0.269 e. The van der Waals surface area contributed by atoms with E-state index in [1.165, 1.54) is 45.1 Å². The van der Waals surface area contributed by atoms with E-state index in [0.717, 1.165) is 43.2 Å². The normalized spacial score (nSPS) is 23.1. The lowest BCUT2D eigenvalue weighted by atomic mass is 10.0. The van der Waals surface area contributed by atoms with Gasteiger partial charge in [-0.25, -0.2) is 0 Å². The zero-order valence-electron chi connectivity index (χ0n) is 17.3. The van der Waals surface area contributed by atoms with Gasteiger partial charge in [-0.1, -0.05) is 12.8 Å². The third kappa shape index (κ3) is 4.56. The van der Waals surface area contributed by atoms with Crippen LogP contribution in [0.4, 0.5) is 0 Å². The van der Waals surface area contributed by atoms with E-state index in [1.807, 2.05) is 10.7 Å². The van der Waals surface area contributed by atoms with E-state index in [-0.39, 0.29) is 11.4 Å². The molecule has 1 saturated heterocycles. The lowest BCUT2D eigenvalue weighted by Crippen LogP contribution is -2.46. The minimum Gasteiger partial charge on any atom is -0.348 e. The third-order valence-electron chi connectivity index (χ3n) is 6.51. The fourth-order valence-corrected chi connectivity index (χ4v) is 4.73. The summed E-state index contributed by atoms with van der Waals surface area (Å²) in [5, 5.41) is 8.08. The average molecular weight is 373 g/mol. The van der Waals surface area contributed by atoms with Gasteiger partial charge in [0.05, 0.1) is 11.2 Å². The molecule has 0 unspecified atom stereocenters. The molecular weight excluding hydrogens is 336 g/mol. The highest BCUT2D eigenvalue weighted by Crippen LogP contribution is 2.40. The lowest BCUT2D eigenvalue weighted by Gasteiger charge is -2.34. The van der Waals surface area contributed by atoms with Gasteiger partial charge in [-0.2, -0.15) is 5.10 Å². The van der Waals surface area contributed by atoms with Gasteiger partial charge in [-0.3, -0.25) is 9.48 Å². The van der Waals surface area contributed by atoms with Crippen LogP contribution in [0.15, 0.2) is 6.07 Å². The molecule has 4 rings (SSSR count). The molecule has 0 bridgehead atoms. The van der Waals surface area contributed by atoms with Crippen molar-refractivity contribution < 1.29 is 4.79 Å². The van der Waals surface area contributed by atoms with E-state index in [0.29, 0.717) is 12.0 Å². The molecule has 2 heterocycles. The van der Waals surface area contributed by atoms with Crippen LogP contribution in [-0.2, 0) is 5.54 Å². The number of likely N-dealkylation sites (tertiary alicyclic amines) is 1. The first-order chi connectivity index (χ1) is 12.9. The SMILES string of the molecule is CC(C)(C)n1nc(C2CC2)cc1C(=O)NC1CCN(CC2CCCC2)CC1. The number of carbonyl (C=O) groups excluding carboxylic acids is 1. The fraction of sp³-hybridized carbons (Fsp3) is 0.818. The van der Waals surface area contributed by atoms with Crippen LogP contribution in [0.5, 0.6) is 0 Å². The number of hydrogen-bond acceptors (Lipinski definition) is 3. The highest BCUT2D eigenvalue weighted by molar-refractivity contribution is 5.93. The molecular formula is C22H36N4O. The predicted octanol–water partition coefficient (Wildman–Crippen LogP) is 3.90. The van der Waals surface area contributed by atoms with E-state index >= 15 is 0 Å². The maximum Gasteiger partial charge on any atom is 0.269 e. The molecule has 1 aromatic heterocycles. The number of nitrogens with one attached hydrogen (secondary N) is 1. The number of rotatable bonds is 5. The highest BCUT2D eigenvalue weighted by Gasteiger charge is 2.32. The molecule has 0 aromatic carbocycles. The summed E-state index contributed by atoms with van der Waals surface area (Å²) in [7, 11) is 0. The van der Waals surface area contributed by atoms with Gasteiger partial charge in [0, 0.05) is 31.6 Å². The number of piperidine rings is 1. The van der Waals surface area contributed by atoms with Crippen LogP contribution in [0.1, 0.15) is 94.2 Å². The molecule has 1 N–H and O–H groups in total. The molecule has 1 aromatic rings. The molecule has 1 amide bonds. The summed E-state index contributed by atoms with van der Waals surface area (Å²) in [6, 6.07) is 2.33. The Kier molecular flexibility index (Phi) is 5.32. The van der Waals surface area contributed by atoms with Gasteiger partial charge in [0.25, 0.3) is 5.91 Å². The van der Waals surface area contributed by atoms with Gasteiger partial charge in [0.15, 0.2) is 0 Å². The molecule has 2 saturated carbocycles. The summed E-state index contributed by atoms with van der Waals surface area (Å²) in [5.74, 6) is 1.54. The summed E-state index contributed by atoms with van der Waals surface area (Å²) in [5.41, 5.74) is 1.66. The Morgan fingerprint density at radius 2 is 1.78 bits per heavy atom. The van der Waals surface area contributed by atoms with Crippen molar-refractivity contribution in [2.75, 3.05) is 19.6 Å². The summed E-state index contributed by atoms with van der Waals surface area (Å²) in [4.78, 5) is 15.6. The largest absolute Gasteiger partial charge is 0.348 e. The second-order valence-corrected chi connectivity index (χ2v) is 10.0. The zero-order valence-corrected chi connectivity index (χ0v) is 17.3. The monoisotopic (exact) mass is 372 g/mol. The first kappa shape index (κ1) is 19.0. The van der Waals surface area contributed by atoms with Crippen LogP contribution in [-0.4, -0.2) is 46.3 Å². The molecule has 5 heteroatoms. The van der Waals surface area contributed by atoms with Crippen molar-refractivity contribution in [3.05, 3.63) is 17.5 Å². The Morgan fingerprint density at radius 1 is 1.11 bits per heavy atom. The van der Waals surface area contributed by atoms with Crippen LogP contribution < -0.4 is 5.32 Å². The van der Waals surface area contributed by atoms with E-state index in [9.17, 15) is 4.79 Å². The van der Waals surface area contributed by atoms with E-state index in [4.69, 9.17) is 5.10 Å². The van der Waals surface area contributed by atoms with Crippen molar-refractivity contribution in [2.45, 2.75) is 89.6 Å². The molecule has 0 radical (unpaired) electrons. The molecule has 5 nitrogen and oxygen atoms in total. The van der Waals surface area contributed by atoms with E-state index in [1.54, 1.807) is 0 Å². The Bertz CT molecular complexity index is 656. The number of aromatic nitrogens is 2. The fourth-order valence-electron chi connectivity index (χ4n) is 4.73. The number of nitrogens with zero attached hydrogens (tertiary/aromatic N) is 3. The van der Waals surface area contributed by atoms with Crippen molar-refractivity contribution in [3.63, 3.8) is 0 Å². The topological polar surface area (TPSA) is 50.2 Å². The Morgan fingerprint density at radius 3 is 2.37 bits per heavy atom. The lowest BCUT2D eigenvalue weighted by molar-refractivity contribution is 0.0887. The second kappa shape index (κ2) is 7.57.